The van der Waals surface area contributed by atoms with Gasteiger partial charge in [0.15, 0.2) is 0 Å². The molecule has 0 aliphatic heterocycles. The molecule has 5 heteroatoms. The number of aliphatic carboxylic acids is 1. The zero-order valence-electron chi connectivity index (χ0n) is 9.59. The molecule has 0 bridgehead atoms. The predicted molar refractivity (Wildman–Crippen MR) is 63.6 cm³/mol. The Hall–Kier alpha value is -2.35. The monoisotopic (exact) mass is 244 g/mol. The fraction of sp³-hybridized carbons (Fsp3) is 0.308. The van der Waals surface area contributed by atoms with E-state index in [1.165, 1.54) is 0 Å². The van der Waals surface area contributed by atoms with Gasteiger partial charge < -0.3 is 10.4 Å². The van der Waals surface area contributed by atoms with Crippen molar-refractivity contribution in [2.24, 2.45) is 11.8 Å². The van der Waals surface area contributed by atoms with Gasteiger partial charge >= 0.3 is 5.97 Å². The second-order valence-electron chi connectivity index (χ2n) is 4.31. The van der Waals surface area contributed by atoms with Crippen molar-refractivity contribution in [2.75, 3.05) is 5.32 Å². The number of carboxylic acids is 1. The smallest absolute Gasteiger partial charge is 0.307 e. The Morgan fingerprint density at radius 2 is 2.00 bits per heavy atom. The third-order valence-corrected chi connectivity index (χ3v) is 2.95. The van der Waals surface area contributed by atoms with Crippen molar-refractivity contribution in [3.63, 3.8) is 0 Å². The van der Waals surface area contributed by atoms with E-state index in [4.69, 9.17) is 10.4 Å². The summed E-state index contributed by atoms with van der Waals surface area (Å²) in [4.78, 5) is 22.3. The van der Waals surface area contributed by atoms with Gasteiger partial charge in [-0.05, 0) is 24.1 Å². The summed E-state index contributed by atoms with van der Waals surface area (Å²) in [5.41, 5.74) is 1.50. The number of nitrogens with zero attached hydrogens (tertiary/aromatic N) is 1. The molecule has 1 aromatic carbocycles. The summed E-state index contributed by atoms with van der Waals surface area (Å²) in [5.74, 6) is -2.13. The molecule has 2 N–H and O–H groups in total. The zero-order chi connectivity index (χ0) is 13.1. The summed E-state index contributed by atoms with van der Waals surface area (Å²) < 4.78 is 0. The minimum Gasteiger partial charge on any atom is -0.481 e. The number of nitriles is 1. The van der Waals surface area contributed by atoms with Crippen molar-refractivity contribution in [3.05, 3.63) is 29.8 Å². The van der Waals surface area contributed by atoms with Crippen LogP contribution in [0, 0.1) is 23.2 Å². The minimum absolute atomic E-state index is 0.254. The molecule has 1 fully saturated rings. The van der Waals surface area contributed by atoms with Crippen LogP contribution < -0.4 is 5.32 Å². The van der Waals surface area contributed by atoms with Gasteiger partial charge in [0, 0.05) is 5.69 Å². The van der Waals surface area contributed by atoms with Crippen LogP contribution in [0.25, 0.3) is 0 Å². The Bertz CT molecular complexity index is 516. The van der Waals surface area contributed by atoms with Gasteiger partial charge in [-0.2, -0.15) is 5.26 Å². The molecule has 0 aromatic heterocycles. The Morgan fingerprint density at radius 3 is 2.50 bits per heavy atom. The van der Waals surface area contributed by atoms with Gasteiger partial charge in [0.1, 0.15) is 0 Å². The van der Waals surface area contributed by atoms with Crippen LogP contribution in [0.4, 0.5) is 5.69 Å². The average molecular weight is 244 g/mol. The molecule has 2 rings (SSSR count). The maximum Gasteiger partial charge on any atom is 0.307 e. The molecular weight excluding hydrogens is 232 g/mol. The van der Waals surface area contributed by atoms with E-state index in [9.17, 15) is 9.59 Å². The second-order valence-corrected chi connectivity index (χ2v) is 4.31. The van der Waals surface area contributed by atoms with Gasteiger partial charge in [-0.25, -0.2) is 0 Å². The van der Waals surface area contributed by atoms with E-state index in [2.05, 4.69) is 5.32 Å². The van der Waals surface area contributed by atoms with E-state index in [-0.39, 0.29) is 5.91 Å². The number of anilines is 1. The van der Waals surface area contributed by atoms with Crippen LogP contribution >= 0.6 is 0 Å². The number of nitrogens with one attached hydrogen (secondary N) is 1. The van der Waals surface area contributed by atoms with E-state index in [1.54, 1.807) is 24.3 Å². The topological polar surface area (TPSA) is 90.2 Å². The Kier molecular flexibility index (Phi) is 3.28. The lowest BCUT2D eigenvalue weighted by Crippen LogP contribution is -2.16. The maximum absolute atomic E-state index is 11.7. The highest BCUT2D eigenvalue weighted by Crippen LogP contribution is 2.39. The van der Waals surface area contributed by atoms with Crippen molar-refractivity contribution >= 4 is 17.6 Å². The predicted octanol–water partition coefficient (Wildman–Crippen LogP) is 1.41. The zero-order valence-corrected chi connectivity index (χ0v) is 9.59. The van der Waals surface area contributed by atoms with Crippen LogP contribution in [0.3, 0.4) is 0 Å². The summed E-state index contributed by atoms with van der Waals surface area (Å²) in [5, 5.41) is 19.9. The number of hydrogen-bond acceptors (Lipinski definition) is 3. The number of rotatable bonds is 4. The van der Waals surface area contributed by atoms with Gasteiger partial charge in [0.25, 0.3) is 0 Å². The largest absolute Gasteiger partial charge is 0.481 e. The Labute approximate surface area is 104 Å². The van der Waals surface area contributed by atoms with Crippen LogP contribution in [-0.2, 0) is 16.0 Å². The molecule has 92 valence electrons. The first-order valence-corrected chi connectivity index (χ1v) is 5.61. The first kappa shape index (κ1) is 12.1. The third kappa shape index (κ3) is 2.66. The highest BCUT2D eigenvalue weighted by Gasteiger charge is 2.48. The lowest BCUT2D eigenvalue weighted by Gasteiger charge is -2.04. The maximum atomic E-state index is 11.7. The second kappa shape index (κ2) is 4.88. The van der Waals surface area contributed by atoms with Crippen molar-refractivity contribution in [1.82, 2.24) is 0 Å². The molecule has 2 atom stereocenters. The normalized spacial score (nSPS) is 20.8. The van der Waals surface area contributed by atoms with Crippen LogP contribution in [0.2, 0.25) is 0 Å². The standard InChI is InChI=1S/C13H12N2O3/c14-6-5-8-1-3-9(4-2-8)15-12(16)10-7-11(10)13(17)18/h1-4,10-11H,5,7H2,(H,15,16)(H,17,18). The van der Waals surface area contributed by atoms with E-state index < -0.39 is 17.8 Å². The summed E-state index contributed by atoms with van der Waals surface area (Å²) in [6.07, 6.45) is 0.742. The number of benzene rings is 1. The fourth-order valence-electron chi connectivity index (χ4n) is 1.79. The van der Waals surface area contributed by atoms with Crippen LogP contribution in [0.5, 0.6) is 0 Å². The number of amides is 1. The Morgan fingerprint density at radius 1 is 1.33 bits per heavy atom. The number of hydrogen-bond donors (Lipinski definition) is 2. The van der Waals surface area contributed by atoms with Crippen LogP contribution in [0.15, 0.2) is 24.3 Å². The first-order chi connectivity index (χ1) is 8.61. The molecule has 1 aliphatic carbocycles. The van der Waals surface area contributed by atoms with Gasteiger partial charge in [-0.1, -0.05) is 12.1 Å². The molecule has 1 aliphatic rings. The van der Waals surface area contributed by atoms with Gasteiger partial charge in [-0.3, -0.25) is 9.59 Å². The van der Waals surface area contributed by atoms with Crippen molar-refractivity contribution in [1.29, 1.82) is 5.26 Å². The summed E-state index contributed by atoms with van der Waals surface area (Å²) in [6, 6.07) is 8.99. The van der Waals surface area contributed by atoms with Crippen molar-refractivity contribution < 1.29 is 14.7 Å². The SMILES string of the molecule is N#CCc1ccc(NC(=O)C2CC2C(=O)O)cc1. The highest BCUT2D eigenvalue weighted by molar-refractivity contribution is 5.98. The number of carbonyl (C=O) groups is 2. The molecule has 0 heterocycles. The third-order valence-electron chi connectivity index (χ3n) is 2.95. The minimum atomic E-state index is -0.917. The first-order valence-electron chi connectivity index (χ1n) is 5.61. The number of carbonyl (C=O) groups excluding carboxylic acids is 1. The van der Waals surface area contributed by atoms with E-state index in [0.717, 1.165) is 5.56 Å². The molecule has 1 amide bonds. The Balaban J connectivity index is 1.92. The van der Waals surface area contributed by atoms with Crippen LogP contribution in [0.1, 0.15) is 12.0 Å². The summed E-state index contributed by atoms with van der Waals surface area (Å²) in [7, 11) is 0. The van der Waals surface area contributed by atoms with Crippen molar-refractivity contribution in [2.45, 2.75) is 12.8 Å². The van der Waals surface area contributed by atoms with Gasteiger partial charge in [-0.15, -0.1) is 0 Å². The summed E-state index contributed by atoms with van der Waals surface area (Å²) >= 11 is 0. The molecular formula is C13H12N2O3. The lowest BCUT2D eigenvalue weighted by molar-refractivity contribution is -0.139. The molecule has 1 saturated carbocycles. The lowest BCUT2D eigenvalue weighted by atomic mass is 10.1. The molecule has 0 radical (unpaired) electrons. The van der Waals surface area contributed by atoms with Crippen LogP contribution in [-0.4, -0.2) is 17.0 Å². The molecule has 2 unspecified atom stereocenters. The average Bonchev–Trinajstić information content (AvgIpc) is 3.12. The highest BCUT2D eigenvalue weighted by atomic mass is 16.4. The number of carboxylic acid groups (broad SMARTS) is 1. The van der Waals surface area contributed by atoms with E-state index in [0.29, 0.717) is 18.5 Å². The van der Waals surface area contributed by atoms with E-state index in [1.807, 2.05) is 6.07 Å². The molecule has 5 nitrogen and oxygen atoms in total. The summed E-state index contributed by atoms with van der Waals surface area (Å²) in [6.45, 7) is 0. The van der Waals surface area contributed by atoms with Gasteiger partial charge in [0.05, 0.1) is 24.3 Å². The molecule has 0 spiro atoms. The van der Waals surface area contributed by atoms with E-state index >= 15 is 0 Å². The van der Waals surface area contributed by atoms with Crippen molar-refractivity contribution in [3.8, 4) is 6.07 Å². The molecule has 0 saturated heterocycles. The quantitative estimate of drug-likeness (QED) is 0.837. The fourth-order valence-corrected chi connectivity index (χ4v) is 1.79. The molecule has 18 heavy (non-hydrogen) atoms. The molecule has 1 aromatic rings. The van der Waals surface area contributed by atoms with Gasteiger partial charge in [0.2, 0.25) is 5.91 Å².